The molecule has 26 heavy (non-hydrogen) atoms. The molecule has 1 aromatic carbocycles. The quantitative estimate of drug-likeness (QED) is 0.618. The van der Waals surface area contributed by atoms with Crippen molar-refractivity contribution in [1.82, 2.24) is 0 Å². The molecule has 0 radical (unpaired) electrons. The highest BCUT2D eigenvalue weighted by atomic mass is 32.2. The van der Waals surface area contributed by atoms with Gasteiger partial charge in [0, 0.05) is 6.42 Å². The van der Waals surface area contributed by atoms with Crippen molar-refractivity contribution in [2.45, 2.75) is 64.2 Å². The summed E-state index contributed by atoms with van der Waals surface area (Å²) in [6, 6.07) is 8.40. The summed E-state index contributed by atoms with van der Waals surface area (Å²) in [6.45, 7) is 7.74. The van der Waals surface area contributed by atoms with E-state index in [9.17, 15) is 18.5 Å². The van der Waals surface area contributed by atoms with Gasteiger partial charge in [-0.2, -0.15) is 13.7 Å². The summed E-state index contributed by atoms with van der Waals surface area (Å²) < 4.78 is 31.5. The van der Waals surface area contributed by atoms with E-state index >= 15 is 0 Å². The zero-order valence-electron chi connectivity index (χ0n) is 15.7. The van der Waals surface area contributed by atoms with Gasteiger partial charge >= 0.3 is 5.97 Å². The van der Waals surface area contributed by atoms with Crippen LogP contribution >= 0.6 is 0 Å². The average Bonchev–Trinajstić information content (AvgIpc) is 2.56. The Balaban J connectivity index is 3.07. The largest absolute Gasteiger partial charge is 0.481 e. The van der Waals surface area contributed by atoms with E-state index in [1.807, 2.05) is 20.8 Å². The summed E-state index contributed by atoms with van der Waals surface area (Å²) in [5.41, 5.74) is -0.321. The predicted molar refractivity (Wildman–Crippen MR) is 98.3 cm³/mol. The van der Waals surface area contributed by atoms with E-state index in [0.717, 1.165) is 12.0 Å². The molecule has 144 valence electrons. The molecule has 0 spiro atoms. The van der Waals surface area contributed by atoms with Crippen molar-refractivity contribution in [1.29, 1.82) is 5.26 Å². The number of carbonyl (C=O) groups is 1. The Bertz CT molecular complexity index is 777. The van der Waals surface area contributed by atoms with Gasteiger partial charge in [0.05, 0.1) is 16.4 Å². The highest BCUT2D eigenvalue weighted by molar-refractivity contribution is 7.85. The topological polar surface area (TPSA) is 115 Å². The maximum atomic E-state index is 11.2. The molecule has 0 aliphatic heterocycles. The molecule has 0 aliphatic carbocycles. The van der Waals surface area contributed by atoms with E-state index in [2.05, 4.69) is 6.07 Å². The van der Waals surface area contributed by atoms with E-state index in [1.54, 1.807) is 19.1 Å². The first-order valence-electron chi connectivity index (χ1n) is 8.57. The van der Waals surface area contributed by atoms with Crippen LogP contribution in [0.15, 0.2) is 29.2 Å². The summed E-state index contributed by atoms with van der Waals surface area (Å²) in [6.07, 6.45) is 1.64. The number of hydrogen-bond acceptors (Lipinski definition) is 4. The molecule has 2 unspecified atom stereocenters. The fourth-order valence-corrected chi connectivity index (χ4v) is 3.63. The van der Waals surface area contributed by atoms with Crippen LogP contribution < -0.4 is 0 Å². The lowest BCUT2D eigenvalue weighted by atomic mass is 9.61. The van der Waals surface area contributed by atoms with E-state index in [-0.39, 0.29) is 23.7 Å². The van der Waals surface area contributed by atoms with Crippen molar-refractivity contribution in [3.8, 4) is 6.07 Å². The third-order valence-corrected chi connectivity index (χ3v) is 6.35. The summed E-state index contributed by atoms with van der Waals surface area (Å²) in [7, 11) is -4.23. The molecular formula is C19H27NO5S. The molecule has 0 bridgehead atoms. The second-order valence-electron chi connectivity index (χ2n) is 7.57. The second kappa shape index (κ2) is 8.19. The Morgan fingerprint density at radius 3 is 2.15 bits per heavy atom. The highest BCUT2D eigenvalue weighted by Gasteiger charge is 2.42. The van der Waals surface area contributed by atoms with Crippen molar-refractivity contribution >= 4 is 16.1 Å². The smallest absolute Gasteiger partial charge is 0.303 e. The maximum Gasteiger partial charge on any atom is 0.303 e. The maximum absolute atomic E-state index is 11.2. The Labute approximate surface area is 155 Å². The molecule has 0 fully saturated rings. The Hall–Kier alpha value is -1.91. The van der Waals surface area contributed by atoms with E-state index < -0.39 is 26.9 Å². The molecule has 0 saturated heterocycles. The van der Waals surface area contributed by atoms with Crippen molar-refractivity contribution in [2.75, 3.05) is 0 Å². The van der Waals surface area contributed by atoms with Gasteiger partial charge in [-0.15, -0.1) is 0 Å². The monoisotopic (exact) mass is 381 g/mol. The first-order valence-corrected chi connectivity index (χ1v) is 10.0. The molecular weight excluding hydrogens is 354 g/mol. The van der Waals surface area contributed by atoms with Crippen molar-refractivity contribution in [2.24, 2.45) is 10.8 Å². The molecule has 2 atom stereocenters. The van der Waals surface area contributed by atoms with Crippen LogP contribution in [-0.4, -0.2) is 24.0 Å². The molecule has 0 aromatic heterocycles. The predicted octanol–water partition coefficient (Wildman–Crippen LogP) is 4.24. The molecule has 6 nitrogen and oxygen atoms in total. The van der Waals surface area contributed by atoms with Crippen molar-refractivity contribution < 1.29 is 22.9 Å². The first-order chi connectivity index (χ1) is 11.9. The molecule has 2 N–H and O–H groups in total. The van der Waals surface area contributed by atoms with Crippen LogP contribution in [0.5, 0.6) is 0 Å². The molecule has 1 aromatic rings. The van der Waals surface area contributed by atoms with Crippen LogP contribution in [0.3, 0.4) is 0 Å². The Morgan fingerprint density at radius 2 is 1.77 bits per heavy atom. The number of nitrogens with zero attached hydrogens (tertiary/aromatic N) is 1. The minimum absolute atomic E-state index is 0.0622. The Morgan fingerprint density at radius 1 is 1.23 bits per heavy atom. The zero-order valence-corrected chi connectivity index (χ0v) is 16.5. The van der Waals surface area contributed by atoms with E-state index in [4.69, 9.17) is 9.66 Å². The lowest BCUT2D eigenvalue weighted by Gasteiger charge is -2.41. The molecule has 7 heteroatoms. The normalized spacial score (nSPS) is 15.7. The number of aliphatic carboxylic acids is 1. The number of hydrogen-bond donors (Lipinski definition) is 2. The third-order valence-electron chi connectivity index (χ3n) is 5.48. The number of rotatable bonds is 9. The summed E-state index contributed by atoms with van der Waals surface area (Å²) in [4.78, 5) is 10.8. The number of carboxylic acid groups (broad SMARTS) is 1. The van der Waals surface area contributed by atoms with E-state index in [1.165, 1.54) is 12.1 Å². The first kappa shape index (κ1) is 22.1. The van der Waals surface area contributed by atoms with Crippen LogP contribution in [0.2, 0.25) is 0 Å². The minimum Gasteiger partial charge on any atom is -0.481 e. The highest BCUT2D eigenvalue weighted by Crippen LogP contribution is 2.48. The number of carboxylic acids is 1. The van der Waals surface area contributed by atoms with Gasteiger partial charge < -0.3 is 5.11 Å². The lowest BCUT2D eigenvalue weighted by Crippen LogP contribution is -2.36. The van der Waals surface area contributed by atoms with Gasteiger partial charge in [-0.1, -0.05) is 32.9 Å². The van der Waals surface area contributed by atoms with Gasteiger partial charge in [-0.25, -0.2) is 0 Å². The minimum atomic E-state index is -4.23. The van der Waals surface area contributed by atoms with Crippen LogP contribution in [0, 0.1) is 22.2 Å². The molecule has 0 saturated carbocycles. The van der Waals surface area contributed by atoms with Gasteiger partial charge in [-0.05, 0) is 55.2 Å². The molecule has 1 rings (SSSR count). The van der Waals surface area contributed by atoms with Gasteiger partial charge in [-0.3, -0.25) is 9.35 Å². The third kappa shape index (κ3) is 5.29. The van der Waals surface area contributed by atoms with Gasteiger partial charge in [0.1, 0.15) is 0 Å². The number of benzene rings is 1. The number of nitriles is 1. The van der Waals surface area contributed by atoms with E-state index in [0.29, 0.717) is 6.42 Å². The van der Waals surface area contributed by atoms with Crippen molar-refractivity contribution in [3.05, 3.63) is 29.8 Å². The standard InChI is InChI=1S/C19H27NO5S/c1-5-14(15-6-8-16(9-7-15)26(23,24)25)12-18(2,3)19(4,13-20)11-10-17(21)22/h6-9,14H,5,10-12H2,1-4H3,(H,21,22)(H,23,24,25). The van der Waals surface area contributed by atoms with Crippen molar-refractivity contribution in [3.63, 3.8) is 0 Å². The zero-order chi connectivity index (χ0) is 20.2. The summed E-state index contributed by atoms with van der Waals surface area (Å²) in [5, 5.41) is 18.6. The van der Waals surface area contributed by atoms with Crippen LogP contribution in [0.25, 0.3) is 0 Å². The van der Waals surface area contributed by atoms with Gasteiger partial charge in [0.15, 0.2) is 0 Å². The van der Waals surface area contributed by atoms with Crippen LogP contribution in [0.4, 0.5) is 0 Å². The summed E-state index contributed by atoms with van der Waals surface area (Å²) in [5.74, 6) is -0.840. The SMILES string of the molecule is CCC(CC(C)(C)C(C)(C#N)CCC(=O)O)c1ccc(S(=O)(=O)O)cc1. The van der Waals surface area contributed by atoms with Gasteiger partial charge in [0.2, 0.25) is 0 Å². The molecule has 0 heterocycles. The fourth-order valence-electron chi connectivity index (χ4n) is 3.15. The fraction of sp³-hybridized carbons (Fsp3) is 0.579. The van der Waals surface area contributed by atoms with Crippen LogP contribution in [0.1, 0.15) is 64.9 Å². The van der Waals surface area contributed by atoms with Crippen LogP contribution in [-0.2, 0) is 14.9 Å². The average molecular weight is 381 g/mol. The molecule has 0 amide bonds. The second-order valence-corrected chi connectivity index (χ2v) is 9.00. The lowest BCUT2D eigenvalue weighted by molar-refractivity contribution is -0.137. The Kier molecular flexibility index (Phi) is 6.97. The summed E-state index contributed by atoms with van der Waals surface area (Å²) >= 11 is 0. The van der Waals surface area contributed by atoms with Gasteiger partial charge in [0.25, 0.3) is 10.1 Å². The molecule has 0 aliphatic rings.